The van der Waals surface area contributed by atoms with Crippen LogP contribution in [0, 0.1) is 5.92 Å². The van der Waals surface area contributed by atoms with Crippen LogP contribution in [0.15, 0.2) is 36.9 Å². The van der Waals surface area contributed by atoms with Gasteiger partial charge in [-0.2, -0.15) is 10.1 Å². The largest absolute Gasteiger partial charge is 0.361 e. The maximum atomic E-state index is 13.4. The first-order valence-electron chi connectivity index (χ1n) is 9.27. The van der Waals surface area contributed by atoms with Crippen molar-refractivity contribution in [1.82, 2.24) is 29.5 Å². The SMILES string of the molecule is C[C@@H]1CCN(c2nccc3[nH]ccc23)CC1c1cc(C(F)F)nc2ncnn12. The second-order valence-corrected chi connectivity index (χ2v) is 7.27. The van der Waals surface area contributed by atoms with Crippen molar-refractivity contribution < 1.29 is 8.78 Å². The Bertz CT molecular complexity index is 1140. The van der Waals surface area contributed by atoms with Gasteiger partial charge in [0.25, 0.3) is 12.2 Å². The van der Waals surface area contributed by atoms with E-state index in [0.29, 0.717) is 12.5 Å². The molecule has 4 aromatic rings. The highest BCUT2D eigenvalue weighted by molar-refractivity contribution is 5.90. The smallest absolute Gasteiger partial charge is 0.280 e. The molecule has 7 nitrogen and oxygen atoms in total. The summed E-state index contributed by atoms with van der Waals surface area (Å²) in [5.74, 6) is 1.44. The first-order chi connectivity index (χ1) is 13.6. The minimum absolute atomic E-state index is 0.00875. The van der Waals surface area contributed by atoms with Crippen LogP contribution >= 0.6 is 0 Å². The van der Waals surface area contributed by atoms with Crippen LogP contribution in [0.3, 0.4) is 0 Å². The Balaban J connectivity index is 1.57. The summed E-state index contributed by atoms with van der Waals surface area (Å²) in [4.78, 5) is 18.0. The van der Waals surface area contributed by atoms with Crippen LogP contribution in [0.5, 0.6) is 0 Å². The van der Waals surface area contributed by atoms with Gasteiger partial charge in [0.15, 0.2) is 0 Å². The number of hydrogen-bond acceptors (Lipinski definition) is 5. The zero-order chi connectivity index (χ0) is 19.3. The molecule has 144 valence electrons. The van der Waals surface area contributed by atoms with Gasteiger partial charge in [-0.25, -0.2) is 23.3 Å². The molecule has 1 N–H and O–H groups in total. The lowest BCUT2D eigenvalue weighted by molar-refractivity contribution is 0.146. The Kier molecular flexibility index (Phi) is 3.96. The molecule has 5 rings (SSSR count). The summed E-state index contributed by atoms with van der Waals surface area (Å²) in [5, 5.41) is 5.29. The quantitative estimate of drug-likeness (QED) is 0.585. The maximum Gasteiger partial charge on any atom is 0.280 e. The molecular formula is C19H19F2N7. The van der Waals surface area contributed by atoms with Crippen LogP contribution in [0.1, 0.15) is 37.1 Å². The number of nitrogens with one attached hydrogen (secondary N) is 1. The minimum Gasteiger partial charge on any atom is -0.361 e. The second kappa shape index (κ2) is 6.50. The third-order valence-electron chi connectivity index (χ3n) is 5.62. The van der Waals surface area contributed by atoms with E-state index in [0.717, 1.165) is 35.4 Å². The molecule has 0 aliphatic carbocycles. The number of piperidine rings is 1. The monoisotopic (exact) mass is 383 g/mol. The average Bonchev–Trinajstić information content (AvgIpc) is 3.36. The van der Waals surface area contributed by atoms with E-state index in [1.165, 1.54) is 12.4 Å². The third-order valence-corrected chi connectivity index (χ3v) is 5.62. The van der Waals surface area contributed by atoms with Crippen LogP contribution in [0.2, 0.25) is 0 Å². The fourth-order valence-electron chi connectivity index (χ4n) is 4.10. The van der Waals surface area contributed by atoms with Crippen molar-refractivity contribution in [3.8, 4) is 0 Å². The first-order valence-corrected chi connectivity index (χ1v) is 9.27. The summed E-state index contributed by atoms with van der Waals surface area (Å²) < 4.78 is 28.3. The van der Waals surface area contributed by atoms with Gasteiger partial charge in [0.1, 0.15) is 17.8 Å². The molecule has 0 aromatic carbocycles. The normalized spacial score (nSPS) is 20.5. The number of fused-ring (bicyclic) bond motifs is 2. The summed E-state index contributed by atoms with van der Waals surface area (Å²) in [6.45, 7) is 3.68. The van der Waals surface area contributed by atoms with Crippen molar-refractivity contribution in [3.63, 3.8) is 0 Å². The standard InChI is InChI=1S/C19H19F2N7/c1-11-4-7-27(18-12-2-5-22-14(12)3-6-23-18)9-13(11)16-8-15(17(20)21)26-19-24-10-25-28(16)19/h2-3,5-6,8,10-11,13,17,22H,4,7,9H2,1H3/t11-,13?/m1/s1. The van der Waals surface area contributed by atoms with E-state index < -0.39 is 6.43 Å². The summed E-state index contributed by atoms with van der Waals surface area (Å²) >= 11 is 0. The summed E-state index contributed by atoms with van der Waals surface area (Å²) in [7, 11) is 0. The number of rotatable bonds is 3. The molecule has 1 fully saturated rings. The zero-order valence-electron chi connectivity index (χ0n) is 15.3. The van der Waals surface area contributed by atoms with E-state index in [4.69, 9.17) is 0 Å². The van der Waals surface area contributed by atoms with Crippen LogP contribution in [0.4, 0.5) is 14.6 Å². The fourth-order valence-corrected chi connectivity index (χ4v) is 4.10. The number of halogens is 2. The topological polar surface area (TPSA) is 75.0 Å². The lowest BCUT2D eigenvalue weighted by Crippen LogP contribution is -2.39. The molecule has 1 aliphatic heterocycles. The number of nitrogens with zero attached hydrogens (tertiary/aromatic N) is 6. The fraction of sp³-hybridized carbons (Fsp3) is 0.368. The van der Waals surface area contributed by atoms with Gasteiger partial charge in [-0.3, -0.25) is 0 Å². The van der Waals surface area contributed by atoms with Gasteiger partial charge < -0.3 is 9.88 Å². The van der Waals surface area contributed by atoms with E-state index in [-0.39, 0.29) is 17.4 Å². The molecule has 1 aliphatic rings. The number of aromatic amines is 1. The van der Waals surface area contributed by atoms with Crippen LogP contribution in [-0.2, 0) is 0 Å². The van der Waals surface area contributed by atoms with Crippen molar-refractivity contribution in [2.24, 2.45) is 5.92 Å². The van der Waals surface area contributed by atoms with Crippen molar-refractivity contribution in [2.75, 3.05) is 18.0 Å². The van der Waals surface area contributed by atoms with Crippen LogP contribution < -0.4 is 4.90 Å². The Morgan fingerprint density at radius 2 is 2.14 bits per heavy atom. The summed E-state index contributed by atoms with van der Waals surface area (Å²) in [6.07, 6.45) is 3.32. The molecule has 0 bridgehead atoms. The van der Waals surface area contributed by atoms with Crippen molar-refractivity contribution in [1.29, 1.82) is 0 Å². The van der Waals surface area contributed by atoms with E-state index in [9.17, 15) is 8.78 Å². The lowest BCUT2D eigenvalue weighted by Gasteiger charge is -2.38. The van der Waals surface area contributed by atoms with Crippen molar-refractivity contribution >= 4 is 22.5 Å². The molecule has 9 heteroatoms. The summed E-state index contributed by atoms with van der Waals surface area (Å²) in [5.41, 5.74) is 1.49. The number of anilines is 1. The van der Waals surface area contributed by atoms with Gasteiger partial charge in [0.05, 0.1) is 11.2 Å². The van der Waals surface area contributed by atoms with Gasteiger partial charge in [-0.05, 0) is 30.5 Å². The molecule has 1 saturated heterocycles. The number of aromatic nitrogens is 6. The Morgan fingerprint density at radius 3 is 3.00 bits per heavy atom. The van der Waals surface area contributed by atoms with Gasteiger partial charge in [-0.15, -0.1) is 0 Å². The van der Waals surface area contributed by atoms with E-state index in [1.807, 2.05) is 18.3 Å². The number of H-pyrrole nitrogens is 1. The second-order valence-electron chi connectivity index (χ2n) is 7.27. The minimum atomic E-state index is -2.65. The van der Waals surface area contributed by atoms with Gasteiger partial charge in [0, 0.05) is 36.8 Å². The predicted octanol–water partition coefficient (Wildman–Crippen LogP) is 3.57. The molecule has 0 radical (unpaired) electrons. The molecule has 0 spiro atoms. The van der Waals surface area contributed by atoms with E-state index in [1.54, 1.807) is 10.7 Å². The number of hydrogen-bond donors (Lipinski definition) is 1. The molecule has 4 aromatic heterocycles. The van der Waals surface area contributed by atoms with Gasteiger partial charge in [-0.1, -0.05) is 6.92 Å². The van der Waals surface area contributed by atoms with Crippen molar-refractivity contribution in [3.05, 3.63) is 48.3 Å². The average molecular weight is 383 g/mol. The molecule has 0 amide bonds. The number of pyridine rings is 1. The highest BCUT2D eigenvalue weighted by Crippen LogP contribution is 2.36. The van der Waals surface area contributed by atoms with Gasteiger partial charge >= 0.3 is 0 Å². The molecule has 2 atom stereocenters. The number of alkyl halides is 2. The molecule has 0 saturated carbocycles. The lowest BCUT2D eigenvalue weighted by atomic mass is 9.84. The van der Waals surface area contributed by atoms with Crippen molar-refractivity contribution in [2.45, 2.75) is 25.7 Å². The molecule has 28 heavy (non-hydrogen) atoms. The predicted molar refractivity (Wildman–Crippen MR) is 101 cm³/mol. The van der Waals surface area contributed by atoms with E-state index >= 15 is 0 Å². The van der Waals surface area contributed by atoms with Crippen LogP contribution in [-0.4, -0.2) is 42.6 Å². The Labute approximate surface area is 159 Å². The highest BCUT2D eigenvalue weighted by atomic mass is 19.3. The molecule has 1 unspecified atom stereocenters. The first kappa shape index (κ1) is 17.0. The molecular weight excluding hydrogens is 364 g/mol. The summed E-state index contributed by atoms with van der Waals surface area (Å²) in [6, 6.07) is 5.43. The molecule has 5 heterocycles. The highest BCUT2D eigenvalue weighted by Gasteiger charge is 2.32. The maximum absolute atomic E-state index is 13.4. The van der Waals surface area contributed by atoms with Gasteiger partial charge in [0.2, 0.25) is 0 Å². The van der Waals surface area contributed by atoms with Crippen LogP contribution in [0.25, 0.3) is 16.7 Å². The third kappa shape index (κ3) is 2.69. The van der Waals surface area contributed by atoms with E-state index in [2.05, 4.69) is 36.9 Å². The Morgan fingerprint density at radius 1 is 1.25 bits per heavy atom. The zero-order valence-corrected chi connectivity index (χ0v) is 15.3. The Hall–Kier alpha value is -3.10.